The lowest BCUT2D eigenvalue weighted by molar-refractivity contribution is -0.145. The average Bonchev–Trinajstić information content (AvgIpc) is 2.51. The van der Waals surface area contributed by atoms with Gasteiger partial charge >= 0.3 is 6.18 Å². The number of benzene rings is 1. The molecule has 0 aliphatic heterocycles. The van der Waals surface area contributed by atoms with E-state index in [4.69, 9.17) is 15.3 Å². The van der Waals surface area contributed by atoms with E-state index in [0.29, 0.717) is 24.3 Å². The molecule has 23 heavy (non-hydrogen) atoms. The number of alkyl halides is 3. The molecular formula is C15H22F3N3O2. The van der Waals surface area contributed by atoms with Crippen molar-refractivity contribution in [2.45, 2.75) is 19.5 Å². The molecule has 8 heteroatoms. The summed E-state index contributed by atoms with van der Waals surface area (Å²) in [6, 6.07) is 7.07. The SMILES string of the molecule is CCN(CCCO/N=C(\N)c1ccccc1OC)CC(F)(F)F. The molecule has 0 unspecified atom stereocenters. The third-order valence-electron chi connectivity index (χ3n) is 3.11. The lowest BCUT2D eigenvalue weighted by Crippen LogP contribution is -2.35. The Kier molecular flexibility index (Phi) is 7.67. The number of nitrogens with zero attached hydrogens (tertiary/aromatic N) is 2. The van der Waals surface area contributed by atoms with Crippen LogP contribution in [0.2, 0.25) is 0 Å². The first-order valence-corrected chi connectivity index (χ1v) is 7.25. The van der Waals surface area contributed by atoms with Crippen LogP contribution in [0.3, 0.4) is 0 Å². The molecule has 0 bridgehead atoms. The van der Waals surface area contributed by atoms with E-state index in [1.54, 1.807) is 31.2 Å². The fourth-order valence-corrected chi connectivity index (χ4v) is 1.98. The number of nitrogens with two attached hydrogens (primary N) is 1. The topological polar surface area (TPSA) is 60.1 Å². The molecular weight excluding hydrogens is 311 g/mol. The van der Waals surface area contributed by atoms with Crippen LogP contribution in [0, 0.1) is 0 Å². The minimum Gasteiger partial charge on any atom is -0.496 e. The third-order valence-corrected chi connectivity index (χ3v) is 3.11. The molecule has 0 aliphatic carbocycles. The molecule has 1 rings (SSSR count). The summed E-state index contributed by atoms with van der Waals surface area (Å²) in [5, 5.41) is 3.77. The third kappa shape index (κ3) is 7.23. The van der Waals surface area contributed by atoms with Crippen molar-refractivity contribution in [3.8, 4) is 5.75 Å². The van der Waals surface area contributed by atoms with E-state index in [2.05, 4.69) is 5.16 Å². The van der Waals surface area contributed by atoms with Crippen molar-refractivity contribution >= 4 is 5.84 Å². The predicted molar refractivity (Wildman–Crippen MR) is 82.5 cm³/mol. The maximum atomic E-state index is 12.3. The molecule has 2 N–H and O–H groups in total. The van der Waals surface area contributed by atoms with Crippen LogP contribution >= 0.6 is 0 Å². The Morgan fingerprint density at radius 3 is 2.61 bits per heavy atom. The Morgan fingerprint density at radius 1 is 1.30 bits per heavy atom. The van der Waals surface area contributed by atoms with Crippen molar-refractivity contribution in [3.63, 3.8) is 0 Å². The molecule has 0 aromatic heterocycles. The Labute approximate surface area is 133 Å². The van der Waals surface area contributed by atoms with Gasteiger partial charge in [-0.2, -0.15) is 13.2 Å². The van der Waals surface area contributed by atoms with Gasteiger partial charge in [-0.05, 0) is 25.1 Å². The lowest BCUT2D eigenvalue weighted by Gasteiger charge is -2.21. The molecule has 0 aliphatic rings. The fraction of sp³-hybridized carbons (Fsp3) is 0.533. The Balaban J connectivity index is 2.41. The van der Waals surface area contributed by atoms with Gasteiger partial charge in [0.05, 0.1) is 19.2 Å². The van der Waals surface area contributed by atoms with E-state index < -0.39 is 12.7 Å². The van der Waals surface area contributed by atoms with Crippen LogP contribution < -0.4 is 10.5 Å². The van der Waals surface area contributed by atoms with E-state index in [1.165, 1.54) is 12.0 Å². The number of amidine groups is 1. The van der Waals surface area contributed by atoms with Gasteiger partial charge in [0.15, 0.2) is 5.84 Å². The number of ether oxygens (including phenoxy) is 1. The number of halogens is 3. The van der Waals surface area contributed by atoms with Gasteiger partial charge in [0.1, 0.15) is 12.4 Å². The highest BCUT2D eigenvalue weighted by atomic mass is 19.4. The molecule has 1 aromatic rings. The summed E-state index contributed by atoms with van der Waals surface area (Å²) in [4.78, 5) is 6.38. The van der Waals surface area contributed by atoms with E-state index in [0.717, 1.165) is 0 Å². The zero-order chi connectivity index (χ0) is 17.3. The second-order valence-electron chi connectivity index (χ2n) is 4.85. The number of hydrogen-bond donors (Lipinski definition) is 1. The second kappa shape index (κ2) is 9.24. The highest BCUT2D eigenvalue weighted by Gasteiger charge is 2.29. The predicted octanol–water partition coefficient (Wildman–Crippen LogP) is 2.61. The molecule has 0 amide bonds. The smallest absolute Gasteiger partial charge is 0.401 e. The normalized spacial score (nSPS) is 12.5. The molecule has 0 spiro atoms. The van der Waals surface area contributed by atoms with E-state index in [9.17, 15) is 13.2 Å². The first-order valence-electron chi connectivity index (χ1n) is 7.25. The van der Waals surface area contributed by atoms with Crippen molar-refractivity contribution in [1.29, 1.82) is 0 Å². The summed E-state index contributed by atoms with van der Waals surface area (Å²) in [5.41, 5.74) is 6.41. The highest BCUT2D eigenvalue weighted by Crippen LogP contribution is 2.17. The summed E-state index contributed by atoms with van der Waals surface area (Å²) in [5.74, 6) is 0.727. The summed E-state index contributed by atoms with van der Waals surface area (Å²) >= 11 is 0. The van der Waals surface area contributed by atoms with Crippen LogP contribution in [0.15, 0.2) is 29.4 Å². The van der Waals surface area contributed by atoms with Crippen molar-refractivity contribution in [3.05, 3.63) is 29.8 Å². The molecule has 130 valence electrons. The van der Waals surface area contributed by atoms with E-state index in [-0.39, 0.29) is 19.0 Å². The number of oxime groups is 1. The van der Waals surface area contributed by atoms with Gasteiger partial charge in [-0.25, -0.2) is 0 Å². The first-order chi connectivity index (χ1) is 10.9. The summed E-state index contributed by atoms with van der Waals surface area (Å²) < 4.78 is 42.1. The van der Waals surface area contributed by atoms with Crippen LogP contribution in [-0.2, 0) is 4.84 Å². The molecule has 0 atom stereocenters. The Bertz CT molecular complexity index is 507. The molecule has 0 saturated heterocycles. The molecule has 0 saturated carbocycles. The Hall–Kier alpha value is -1.96. The average molecular weight is 333 g/mol. The van der Waals surface area contributed by atoms with Crippen molar-refractivity contribution in [1.82, 2.24) is 4.90 Å². The van der Waals surface area contributed by atoms with Gasteiger partial charge in [-0.3, -0.25) is 4.90 Å². The lowest BCUT2D eigenvalue weighted by atomic mass is 10.2. The van der Waals surface area contributed by atoms with Gasteiger partial charge in [-0.1, -0.05) is 24.2 Å². The minimum atomic E-state index is -4.19. The van der Waals surface area contributed by atoms with Crippen LogP contribution in [0.4, 0.5) is 13.2 Å². The standard InChI is InChI=1S/C15H22F3N3O2/c1-3-21(11-15(16,17)18)9-6-10-23-20-14(19)12-7-4-5-8-13(12)22-2/h4-5,7-8H,3,6,9-11H2,1-2H3,(H2,19,20). The quantitative estimate of drug-likeness (QED) is 0.327. The highest BCUT2D eigenvalue weighted by molar-refractivity contribution is 5.99. The van der Waals surface area contributed by atoms with Gasteiger partial charge in [0.2, 0.25) is 0 Å². The summed E-state index contributed by atoms with van der Waals surface area (Å²) in [6.07, 6.45) is -3.77. The first kappa shape index (κ1) is 19.1. The zero-order valence-corrected chi connectivity index (χ0v) is 13.3. The maximum absolute atomic E-state index is 12.3. The number of hydrogen-bond acceptors (Lipinski definition) is 4. The number of para-hydroxylation sites is 1. The van der Waals surface area contributed by atoms with Gasteiger partial charge in [0.25, 0.3) is 0 Å². The zero-order valence-electron chi connectivity index (χ0n) is 13.3. The monoisotopic (exact) mass is 333 g/mol. The molecule has 1 aromatic carbocycles. The number of rotatable bonds is 9. The van der Waals surface area contributed by atoms with Gasteiger partial charge in [0, 0.05) is 6.54 Å². The van der Waals surface area contributed by atoms with Crippen LogP contribution in [-0.4, -0.2) is 50.3 Å². The van der Waals surface area contributed by atoms with Gasteiger partial charge in [-0.15, -0.1) is 0 Å². The molecule has 0 radical (unpaired) electrons. The van der Waals surface area contributed by atoms with Crippen LogP contribution in [0.1, 0.15) is 18.9 Å². The fourth-order valence-electron chi connectivity index (χ4n) is 1.98. The van der Waals surface area contributed by atoms with Crippen molar-refractivity contribution in [2.75, 3.05) is 33.4 Å². The van der Waals surface area contributed by atoms with Crippen molar-refractivity contribution < 1.29 is 22.7 Å². The Morgan fingerprint density at radius 2 is 2.00 bits per heavy atom. The van der Waals surface area contributed by atoms with Crippen LogP contribution in [0.5, 0.6) is 5.75 Å². The van der Waals surface area contributed by atoms with Gasteiger partial charge < -0.3 is 15.3 Å². The summed E-state index contributed by atoms with van der Waals surface area (Å²) in [7, 11) is 1.52. The number of methoxy groups -OCH3 is 1. The van der Waals surface area contributed by atoms with E-state index >= 15 is 0 Å². The largest absolute Gasteiger partial charge is 0.496 e. The summed E-state index contributed by atoms with van der Waals surface area (Å²) in [6.45, 7) is 1.55. The van der Waals surface area contributed by atoms with Crippen molar-refractivity contribution in [2.24, 2.45) is 10.9 Å². The second-order valence-corrected chi connectivity index (χ2v) is 4.85. The maximum Gasteiger partial charge on any atom is 0.401 e. The van der Waals surface area contributed by atoms with Crippen LogP contribution in [0.25, 0.3) is 0 Å². The molecule has 0 heterocycles. The van der Waals surface area contributed by atoms with E-state index in [1.807, 2.05) is 0 Å². The minimum absolute atomic E-state index is 0.157. The molecule has 5 nitrogen and oxygen atoms in total. The molecule has 0 fully saturated rings.